The molecule has 0 aromatic heterocycles. The van der Waals surface area contributed by atoms with Crippen LogP contribution in [-0.2, 0) is 0 Å². The second-order valence-electron chi connectivity index (χ2n) is 8.38. The topological polar surface area (TPSA) is 61.4 Å². The van der Waals surface area contributed by atoms with Crippen molar-refractivity contribution in [3.05, 3.63) is 63.6 Å². The quantitative estimate of drug-likeness (QED) is 0.623. The minimum atomic E-state index is -0.192. The van der Waals surface area contributed by atoms with E-state index in [4.69, 9.17) is 23.2 Å². The standard InChI is InChI=1S/C24H29Cl2N3O2/c1-15(2)16(3)27-24(31)20-6-4-5-7-22(20)29-12-10-18(11-13-29)28-23(30)19-9-8-17(25)14-21(19)26/h4-9,14-16,18H,10-13H2,1-3H3,(H,27,31)(H,28,30). The van der Waals surface area contributed by atoms with E-state index in [-0.39, 0.29) is 23.9 Å². The number of para-hydroxylation sites is 1. The van der Waals surface area contributed by atoms with Crippen LogP contribution in [0.4, 0.5) is 5.69 Å². The van der Waals surface area contributed by atoms with Crippen molar-refractivity contribution in [2.45, 2.75) is 45.7 Å². The number of nitrogens with zero attached hydrogens (tertiary/aromatic N) is 1. The van der Waals surface area contributed by atoms with Crippen LogP contribution in [0.5, 0.6) is 0 Å². The average Bonchev–Trinajstić information content (AvgIpc) is 2.74. The molecule has 1 fully saturated rings. The molecule has 1 heterocycles. The first kappa shape index (κ1) is 23.4. The summed E-state index contributed by atoms with van der Waals surface area (Å²) < 4.78 is 0. The van der Waals surface area contributed by atoms with Crippen LogP contribution in [0.1, 0.15) is 54.3 Å². The monoisotopic (exact) mass is 461 g/mol. The van der Waals surface area contributed by atoms with Gasteiger partial charge in [0, 0.05) is 35.9 Å². The molecule has 1 unspecified atom stereocenters. The second kappa shape index (κ2) is 10.4. The summed E-state index contributed by atoms with van der Waals surface area (Å²) in [6, 6.07) is 12.7. The normalized spacial score (nSPS) is 15.6. The largest absolute Gasteiger partial charge is 0.371 e. The molecule has 7 heteroatoms. The zero-order valence-corrected chi connectivity index (χ0v) is 19.6. The lowest BCUT2D eigenvalue weighted by Crippen LogP contribution is -2.45. The molecule has 1 aliphatic heterocycles. The van der Waals surface area contributed by atoms with E-state index in [1.54, 1.807) is 18.2 Å². The zero-order valence-electron chi connectivity index (χ0n) is 18.1. The molecule has 2 aromatic rings. The first-order valence-corrected chi connectivity index (χ1v) is 11.4. The minimum absolute atomic E-state index is 0.0513. The van der Waals surface area contributed by atoms with Gasteiger partial charge in [-0.3, -0.25) is 9.59 Å². The van der Waals surface area contributed by atoms with Gasteiger partial charge < -0.3 is 15.5 Å². The Labute approximate surface area is 194 Å². The van der Waals surface area contributed by atoms with Crippen molar-refractivity contribution >= 4 is 40.7 Å². The molecule has 1 aliphatic rings. The number of hydrogen-bond acceptors (Lipinski definition) is 3. The third-order valence-corrected chi connectivity index (χ3v) is 6.40. The molecule has 3 rings (SSSR count). The van der Waals surface area contributed by atoms with Crippen molar-refractivity contribution in [2.75, 3.05) is 18.0 Å². The van der Waals surface area contributed by atoms with Gasteiger partial charge >= 0.3 is 0 Å². The molecule has 0 saturated carbocycles. The van der Waals surface area contributed by atoms with Crippen LogP contribution >= 0.6 is 23.2 Å². The van der Waals surface area contributed by atoms with E-state index in [2.05, 4.69) is 29.4 Å². The van der Waals surface area contributed by atoms with Gasteiger partial charge in [0.15, 0.2) is 0 Å². The Hall–Kier alpha value is -2.24. The van der Waals surface area contributed by atoms with Crippen molar-refractivity contribution in [1.29, 1.82) is 0 Å². The lowest BCUT2D eigenvalue weighted by atomic mass is 10.0. The van der Waals surface area contributed by atoms with E-state index >= 15 is 0 Å². The molecule has 2 amide bonds. The first-order chi connectivity index (χ1) is 14.8. The van der Waals surface area contributed by atoms with Crippen LogP contribution in [0, 0.1) is 5.92 Å². The maximum absolute atomic E-state index is 12.8. The number of rotatable bonds is 6. The number of halogens is 2. The van der Waals surface area contributed by atoms with E-state index in [0.29, 0.717) is 27.1 Å². The molecule has 0 spiro atoms. The fourth-order valence-electron chi connectivity index (χ4n) is 3.59. The molecule has 166 valence electrons. The number of piperidine rings is 1. The Balaban J connectivity index is 1.62. The SMILES string of the molecule is CC(C)C(C)NC(=O)c1ccccc1N1CCC(NC(=O)c2ccc(Cl)cc2Cl)CC1. The van der Waals surface area contributed by atoms with Gasteiger partial charge in [-0.15, -0.1) is 0 Å². The summed E-state index contributed by atoms with van der Waals surface area (Å²) in [4.78, 5) is 27.6. The number of anilines is 1. The Bertz CT molecular complexity index is 940. The van der Waals surface area contributed by atoms with E-state index in [9.17, 15) is 9.59 Å². The molecule has 31 heavy (non-hydrogen) atoms. The van der Waals surface area contributed by atoms with Crippen LogP contribution in [0.3, 0.4) is 0 Å². The average molecular weight is 462 g/mol. The van der Waals surface area contributed by atoms with Crippen LogP contribution in [0.2, 0.25) is 10.0 Å². The van der Waals surface area contributed by atoms with Gasteiger partial charge in [-0.1, -0.05) is 49.2 Å². The van der Waals surface area contributed by atoms with Gasteiger partial charge in [0.05, 0.1) is 16.1 Å². The summed E-state index contributed by atoms with van der Waals surface area (Å²) >= 11 is 12.1. The Morgan fingerprint density at radius 1 is 0.968 bits per heavy atom. The smallest absolute Gasteiger partial charge is 0.253 e. The van der Waals surface area contributed by atoms with Gasteiger partial charge in [0.2, 0.25) is 0 Å². The summed E-state index contributed by atoms with van der Waals surface area (Å²) in [5.41, 5.74) is 2.04. The highest BCUT2D eigenvalue weighted by Crippen LogP contribution is 2.26. The highest BCUT2D eigenvalue weighted by atomic mass is 35.5. The molecule has 0 bridgehead atoms. The van der Waals surface area contributed by atoms with Crippen LogP contribution in [0.15, 0.2) is 42.5 Å². The predicted molar refractivity (Wildman–Crippen MR) is 127 cm³/mol. The number of carbonyl (C=O) groups is 2. The Kier molecular flexibility index (Phi) is 7.84. The number of benzene rings is 2. The van der Waals surface area contributed by atoms with Crippen molar-refractivity contribution in [3.63, 3.8) is 0 Å². The van der Waals surface area contributed by atoms with Crippen LogP contribution in [-0.4, -0.2) is 37.0 Å². The minimum Gasteiger partial charge on any atom is -0.371 e. The van der Waals surface area contributed by atoms with Crippen molar-refractivity contribution in [1.82, 2.24) is 10.6 Å². The molecular formula is C24H29Cl2N3O2. The molecule has 0 aliphatic carbocycles. The number of nitrogens with one attached hydrogen (secondary N) is 2. The van der Waals surface area contributed by atoms with Gasteiger partial charge in [-0.05, 0) is 56.0 Å². The third kappa shape index (κ3) is 5.92. The maximum Gasteiger partial charge on any atom is 0.253 e. The van der Waals surface area contributed by atoms with Crippen molar-refractivity contribution in [2.24, 2.45) is 5.92 Å². The van der Waals surface area contributed by atoms with E-state index in [0.717, 1.165) is 31.6 Å². The fourth-order valence-corrected chi connectivity index (χ4v) is 4.09. The molecule has 1 atom stereocenters. The fraction of sp³-hybridized carbons (Fsp3) is 0.417. The molecule has 0 radical (unpaired) electrons. The Morgan fingerprint density at radius 2 is 1.65 bits per heavy atom. The zero-order chi connectivity index (χ0) is 22.5. The van der Waals surface area contributed by atoms with E-state index in [1.165, 1.54) is 0 Å². The molecule has 1 saturated heterocycles. The van der Waals surface area contributed by atoms with Crippen molar-refractivity contribution < 1.29 is 9.59 Å². The van der Waals surface area contributed by atoms with Crippen molar-refractivity contribution in [3.8, 4) is 0 Å². The molecule has 2 aromatic carbocycles. The summed E-state index contributed by atoms with van der Waals surface area (Å²) in [5.74, 6) is 0.122. The summed E-state index contributed by atoms with van der Waals surface area (Å²) in [7, 11) is 0. The predicted octanol–water partition coefficient (Wildman–Crippen LogP) is 5.17. The van der Waals surface area contributed by atoms with Gasteiger partial charge in [-0.2, -0.15) is 0 Å². The highest BCUT2D eigenvalue weighted by molar-refractivity contribution is 6.36. The summed E-state index contributed by atoms with van der Waals surface area (Å²) in [6.45, 7) is 7.71. The van der Waals surface area contributed by atoms with E-state index in [1.807, 2.05) is 31.2 Å². The summed E-state index contributed by atoms with van der Waals surface area (Å²) in [6.07, 6.45) is 1.57. The molecule has 5 nitrogen and oxygen atoms in total. The van der Waals surface area contributed by atoms with Crippen LogP contribution < -0.4 is 15.5 Å². The summed E-state index contributed by atoms with van der Waals surface area (Å²) in [5, 5.41) is 7.01. The van der Waals surface area contributed by atoms with E-state index < -0.39 is 0 Å². The van der Waals surface area contributed by atoms with Gasteiger partial charge in [0.1, 0.15) is 0 Å². The van der Waals surface area contributed by atoms with Gasteiger partial charge in [-0.25, -0.2) is 0 Å². The lowest BCUT2D eigenvalue weighted by molar-refractivity contribution is 0.0925. The number of amides is 2. The highest BCUT2D eigenvalue weighted by Gasteiger charge is 2.25. The maximum atomic E-state index is 12.8. The molecule has 2 N–H and O–H groups in total. The number of carbonyl (C=O) groups excluding carboxylic acids is 2. The first-order valence-electron chi connectivity index (χ1n) is 10.7. The van der Waals surface area contributed by atoms with Gasteiger partial charge in [0.25, 0.3) is 11.8 Å². The number of hydrogen-bond donors (Lipinski definition) is 2. The second-order valence-corrected chi connectivity index (χ2v) is 9.23. The lowest BCUT2D eigenvalue weighted by Gasteiger charge is -2.35. The third-order valence-electron chi connectivity index (χ3n) is 5.85. The molecular weight excluding hydrogens is 433 g/mol. The Morgan fingerprint density at radius 3 is 2.29 bits per heavy atom. The van der Waals surface area contributed by atoms with Crippen LogP contribution in [0.25, 0.3) is 0 Å².